The van der Waals surface area contributed by atoms with Crippen LogP contribution in [-0.4, -0.2) is 18.1 Å². The molecule has 0 amide bonds. The molecular weight excluding hydrogens is 338 g/mol. The number of ether oxygens (including phenoxy) is 1. The molecule has 82 valence electrons. The van der Waals surface area contributed by atoms with Crippen molar-refractivity contribution in [2.45, 2.75) is 0 Å². The minimum absolute atomic E-state index is 0.309. The van der Waals surface area contributed by atoms with Gasteiger partial charge in [-0.15, -0.1) is 0 Å². The van der Waals surface area contributed by atoms with Gasteiger partial charge in [0.1, 0.15) is 5.69 Å². The Labute approximate surface area is 109 Å². The first-order valence-corrected chi connectivity index (χ1v) is 6.03. The van der Waals surface area contributed by atoms with E-state index in [9.17, 15) is 4.79 Å². The molecule has 0 saturated carbocycles. The third kappa shape index (κ3) is 2.10. The number of nitrogens with zero attached hydrogens (tertiary/aromatic N) is 1. The van der Waals surface area contributed by atoms with Crippen LogP contribution in [0, 0.1) is 0 Å². The van der Waals surface area contributed by atoms with E-state index in [1.807, 2.05) is 12.1 Å². The normalized spacial score (nSPS) is 10.4. The number of fused-ring (bicyclic) bond motifs is 1. The molecule has 0 saturated heterocycles. The second-order valence-corrected chi connectivity index (χ2v) is 4.88. The summed E-state index contributed by atoms with van der Waals surface area (Å²) in [5.74, 6) is -0.430. The number of rotatable bonds is 1. The highest BCUT2D eigenvalue weighted by Gasteiger charge is 2.08. The lowest BCUT2D eigenvalue weighted by Crippen LogP contribution is -2.03. The minimum atomic E-state index is -0.430. The monoisotopic (exact) mass is 343 g/mol. The van der Waals surface area contributed by atoms with Crippen molar-refractivity contribution in [3.63, 3.8) is 0 Å². The van der Waals surface area contributed by atoms with Gasteiger partial charge in [-0.25, -0.2) is 9.78 Å². The number of esters is 1. The highest BCUT2D eigenvalue weighted by Crippen LogP contribution is 2.28. The number of carbonyl (C=O) groups excluding carboxylic acids is 1. The predicted octanol–water partition coefficient (Wildman–Crippen LogP) is 3.55. The zero-order valence-electron chi connectivity index (χ0n) is 8.33. The first-order chi connectivity index (χ1) is 7.61. The second-order valence-electron chi connectivity index (χ2n) is 3.17. The van der Waals surface area contributed by atoms with E-state index in [-0.39, 0.29) is 0 Å². The third-order valence-electron chi connectivity index (χ3n) is 2.16. The molecule has 0 aliphatic rings. The van der Waals surface area contributed by atoms with Gasteiger partial charge in [-0.3, -0.25) is 0 Å². The van der Waals surface area contributed by atoms with Gasteiger partial charge in [-0.2, -0.15) is 0 Å². The average Bonchev–Trinajstić information content (AvgIpc) is 2.29. The molecule has 0 unspecified atom stereocenters. The minimum Gasteiger partial charge on any atom is -0.464 e. The fourth-order valence-corrected chi connectivity index (χ4v) is 2.08. The van der Waals surface area contributed by atoms with Crippen LogP contribution in [0.15, 0.2) is 33.3 Å². The summed E-state index contributed by atoms with van der Waals surface area (Å²) >= 11 is 6.82. The van der Waals surface area contributed by atoms with Gasteiger partial charge >= 0.3 is 5.97 Å². The van der Waals surface area contributed by atoms with Crippen LogP contribution in [-0.2, 0) is 4.74 Å². The number of halogens is 2. The molecule has 2 aromatic rings. The summed E-state index contributed by atoms with van der Waals surface area (Å²) in [6.07, 6.45) is 1.65. The molecule has 2 rings (SSSR count). The van der Waals surface area contributed by atoms with Crippen LogP contribution in [0.5, 0.6) is 0 Å². The van der Waals surface area contributed by atoms with Crippen LogP contribution < -0.4 is 0 Å². The van der Waals surface area contributed by atoms with Crippen molar-refractivity contribution >= 4 is 48.6 Å². The second kappa shape index (κ2) is 4.51. The van der Waals surface area contributed by atoms with Crippen LogP contribution in [0.1, 0.15) is 10.5 Å². The molecule has 3 nitrogen and oxygen atoms in total. The summed E-state index contributed by atoms with van der Waals surface area (Å²) in [5, 5.41) is 1.90. The average molecular weight is 345 g/mol. The number of aromatic nitrogens is 1. The summed E-state index contributed by atoms with van der Waals surface area (Å²) in [5.41, 5.74) is 0.309. The van der Waals surface area contributed by atoms with E-state index in [2.05, 4.69) is 41.6 Å². The van der Waals surface area contributed by atoms with Crippen molar-refractivity contribution in [2.24, 2.45) is 0 Å². The van der Waals surface area contributed by atoms with E-state index >= 15 is 0 Å². The quantitative estimate of drug-likeness (QED) is 0.743. The molecular formula is C11H7Br2NO2. The topological polar surface area (TPSA) is 39.2 Å². The highest BCUT2D eigenvalue weighted by molar-refractivity contribution is 9.13. The molecule has 1 aromatic heterocycles. The van der Waals surface area contributed by atoms with Crippen LogP contribution in [0.4, 0.5) is 0 Å². The Morgan fingerprint density at radius 1 is 1.19 bits per heavy atom. The fourth-order valence-electron chi connectivity index (χ4n) is 1.35. The van der Waals surface area contributed by atoms with Crippen LogP contribution >= 0.6 is 31.9 Å². The Kier molecular flexibility index (Phi) is 3.25. The number of methoxy groups -OCH3 is 1. The summed E-state index contributed by atoms with van der Waals surface area (Å²) in [6.45, 7) is 0. The molecule has 0 bridgehead atoms. The third-order valence-corrected chi connectivity index (χ3v) is 4.00. The summed E-state index contributed by atoms with van der Waals surface area (Å²) in [6, 6.07) is 5.57. The van der Waals surface area contributed by atoms with Crippen LogP contribution in [0.25, 0.3) is 10.8 Å². The van der Waals surface area contributed by atoms with Crippen molar-refractivity contribution in [1.29, 1.82) is 0 Å². The van der Waals surface area contributed by atoms with Gasteiger partial charge in [0, 0.05) is 20.5 Å². The molecule has 0 N–H and O–H groups in total. The van der Waals surface area contributed by atoms with Crippen molar-refractivity contribution in [1.82, 2.24) is 4.98 Å². The first-order valence-electron chi connectivity index (χ1n) is 4.45. The van der Waals surface area contributed by atoms with Gasteiger partial charge in [0.05, 0.1) is 7.11 Å². The van der Waals surface area contributed by atoms with Crippen LogP contribution in [0.2, 0.25) is 0 Å². The van der Waals surface area contributed by atoms with E-state index in [1.165, 1.54) is 7.11 Å². The van der Waals surface area contributed by atoms with Gasteiger partial charge in [-0.1, -0.05) is 0 Å². The SMILES string of the molecule is COC(=O)c1cc2cc(Br)c(Br)cc2cn1. The summed E-state index contributed by atoms with van der Waals surface area (Å²) in [4.78, 5) is 15.3. The maximum Gasteiger partial charge on any atom is 0.356 e. The molecule has 1 aromatic carbocycles. The zero-order valence-corrected chi connectivity index (χ0v) is 11.5. The van der Waals surface area contributed by atoms with Crippen molar-refractivity contribution in [2.75, 3.05) is 7.11 Å². The number of hydrogen-bond acceptors (Lipinski definition) is 3. The lowest BCUT2D eigenvalue weighted by Gasteiger charge is -2.03. The van der Waals surface area contributed by atoms with E-state index < -0.39 is 5.97 Å². The molecule has 0 atom stereocenters. The number of carbonyl (C=O) groups is 1. The standard InChI is InChI=1S/C11H7Br2NO2/c1-16-11(15)10-4-6-2-8(12)9(13)3-7(6)5-14-10/h2-5H,1H3. The molecule has 1 heterocycles. The molecule has 0 aliphatic carbocycles. The van der Waals surface area contributed by atoms with E-state index in [1.54, 1.807) is 12.3 Å². The van der Waals surface area contributed by atoms with E-state index in [0.29, 0.717) is 5.69 Å². The van der Waals surface area contributed by atoms with Gasteiger partial charge in [-0.05, 0) is 55.4 Å². The maximum absolute atomic E-state index is 11.3. The van der Waals surface area contributed by atoms with Gasteiger partial charge in [0.15, 0.2) is 0 Å². The Balaban J connectivity index is 2.62. The van der Waals surface area contributed by atoms with Crippen LogP contribution in [0.3, 0.4) is 0 Å². The lowest BCUT2D eigenvalue weighted by atomic mass is 10.1. The smallest absolute Gasteiger partial charge is 0.356 e. The number of pyridine rings is 1. The maximum atomic E-state index is 11.3. The van der Waals surface area contributed by atoms with E-state index in [0.717, 1.165) is 19.7 Å². The fraction of sp³-hybridized carbons (Fsp3) is 0.0909. The van der Waals surface area contributed by atoms with Crippen molar-refractivity contribution < 1.29 is 9.53 Å². The lowest BCUT2D eigenvalue weighted by molar-refractivity contribution is 0.0594. The Morgan fingerprint density at radius 2 is 1.81 bits per heavy atom. The highest BCUT2D eigenvalue weighted by atomic mass is 79.9. The first kappa shape index (κ1) is 11.5. The molecule has 16 heavy (non-hydrogen) atoms. The van der Waals surface area contributed by atoms with Crippen molar-refractivity contribution in [3.8, 4) is 0 Å². The number of benzene rings is 1. The molecule has 5 heteroatoms. The zero-order chi connectivity index (χ0) is 11.7. The largest absolute Gasteiger partial charge is 0.464 e. The number of hydrogen-bond donors (Lipinski definition) is 0. The van der Waals surface area contributed by atoms with Gasteiger partial charge in [0.2, 0.25) is 0 Å². The Bertz CT molecular complexity index is 569. The van der Waals surface area contributed by atoms with Gasteiger partial charge < -0.3 is 4.74 Å². The van der Waals surface area contributed by atoms with Gasteiger partial charge in [0.25, 0.3) is 0 Å². The summed E-state index contributed by atoms with van der Waals surface area (Å²) in [7, 11) is 1.34. The Hall–Kier alpha value is -0.940. The predicted molar refractivity (Wildman–Crippen MR) is 68.5 cm³/mol. The Morgan fingerprint density at radius 3 is 2.44 bits per heavy atom. The molecule has 0 radical (unpaired) electrons. The molecule has 0 fully saturated rings. The van der Waals surface area contributed by atoms with Crippen molar-refractivity contribution in [3.05, 3.63) is 39.0 Å². The molecule has 0 spiro atoms. The van der Waals surface area contributed by atoms with E-state index in [4.69, 9.17) is 0 Å². The summed E-state index contributed by atoms with van der Waals surface area (Å²) < 4.78 is 6.50. The molecule has 0 aliphatic heterocycles.